The van der Waals surface area contributed by atoms with Gasteiger partial charge in [-0.3, -0.25) is 0 Å². The SMILES string of the molecule is COC(=O)C(NCCc1cccs1)c1ccc(Cl)cc1.Cl. The standard InChI is InChI=1S/C15H16ClNO2S.ClH/c1-19-15(18)14(11-4-6-12(16)7-5-11)17-9-8-13-3-2-10-20-13;/h2-7,10,14,17H,8-9H2,1H3;1H. The van der Waals surface area contributed by atoms with Crippen molar-refractivity contribution >= 4 is 41.3 Å². The first kappa shape index (κ1) is 18.0. The number of thiophene rings is 1. The van der Waals surface area contributed by atoms with E-state index in [9.17, 15) is 4.79 Å². The Bertz CT molecular complexity index is 543. The molecule has 1 heterocycles. The van der Waals surface area contributed by atoms with E-state index in [0.29, 0.717) is 11.6 Å². The molecule has 1 N–H and O–H groups in total. The van der Waals surface area contributed by atoms with Gasteiger partial charge >= 0.3 is 5.97 Å². The van der Waals surface area contributed by atoms with Gasteiger partial charge in [-0.05, 0) is 35.6 Å². The van der Waals surface area contributed by atoms with Crippen LogP contribution in [-0.4, -0.2) is 19.6 Å². The zero-order valence-corrected chi connectivity index (χ0v) is 13.9. The third kappa shape index (κ3) is 5.32. The third-order valence-corrected chi connectivity index (χ3v) is 4.13. The van der Waals surface area contributed by atoms with E-state index in [1.54, 1.807) is 23.5 Å². The summed E-state index contributed by atoms with van der Waals surface area (Å²) in [5, 5.41) is 5.93. The molecule has 0 spiro atoms. The maximum absolute atomic E-state index is 11.9. The summed E-state index contributed by atoms with van der Waals surface area (Å²) in [6.45, 7) is 0.711. The molecule has 1 aromatic heterocycles. The lowest BCUT2D eigenvalue weighted by atomic mass is 10.1. The van der Waals surface area contributed by atoms with Gasteiger partial charge in [0.1, 0.15) is 6.04 Å². The molecule has 0 saturated heterocycles. The predicted octanol–water partition coefficient (Wildman–Crippen LogP) is 3.87. The fourth-order valence-corrected chi connectivity index (χ4v) is 2.74. The van der Waals surface area contributed by atoms with Gasteiger partial charge in [-0.25, -0.2) is 4.79 Å². The molecule has 2 rings (SSSR count). The van der Waals surface area contributed by atoms with E-state index < -0.39 is 6.04 Å². The summed E-state index contributed by atoms with van der Waals surface area (Å²) in [6.07, 6.45) is 0.888. The van der Waals surface area contributed by atoms with Crippen molar-refractivity contribution in [2.75, 3.05) is 13.7 Å². The van der Waals surface area contributed by atoms with Gasteiger partial charge in [0, 0.05) is 16.4 Å². The fourth-order valence-electron chi connectivity index (χ4n) is 1.90. The maximum Gasteiger partial charge on any atom is 0.327 e. The predicted molar refractivity (Wildman–Crippen MR) is 89.5 cm³/mol. The molecule has 0 aliphatic rings. The summed E-state index contributed by atoms with van der Waals surface area (Å²) in [5.74, 6) is -0.293. The van der Waals surface area contributed by atoms with E-state index in [-0.39, 0.29) is 18.4 Å². The van der Waals surface area contributed by atoms with Crippen LogP contribution in [0.2, 0.25) is 5.02 Å². The Labute approximate surface area is 139 Å². The van der Waals surface area contributed by atoms with Crippen molar-refractivity contribution in [2.45, 2.75) is 12.5 Å². The molecule has 0 radical (unpaired) electrons. The minimum Gasteiger partial charge on any atom is -0.468 e. The van der Waals surface area contributed by atoms with Crippen LogP contribution >= 0.6 is 35.3 Å². The Kier molecular flexibility index (Phi) is 7.75. The molecule has 21 heavy (non-hydrogen) atoms. The van der Waals surface area contributed by atoms with E-state index in [1.165, 1.54) is 12.0 Å². The lowest BCUT2D eigenvalue weighted by Gasteiger charge is -2.16. The van der Waals surface area contributed by atoms with Crippen molar-refractivity contribution in [1.82, 2.24) is 5.32 Å². The number of hydrogen-bond acceptors (Lipinski definition) is 4. The van der Waals surface area contributed by atoms with Crippen LogP contribution in [-0.2, 0) is 16.0 Å². The normalized spacial score (nSPS) is 11.5. The first-order valence-corrected chi connectivity index (χ1v) is 7.55. The molecule has 3 nitrogen and oxygen atoms in total. The second-order valence-electron chi connectivity index (χ2n) is 4.29. The van der Waals surface area contributed by atoms with E-state index >= 15 is 0 Å². The van der Waals surface area contributed by atoms with Crippen molar-refractivity contribution < 1.29 is 9.53 Å². The molecule has 0 bridgehead atoms. The minimum atomic E-state index is -0.461. The highest BCUT2D eigenvalue weighted by molar-refractivity contribution is 7.09. The van der Waals surface area contributed by atoms with Crippen molar-refractivity contribution in [2.24, 2.45) is 0 Å². The molecule has 114 valence electrons. The lowest BCUT2D eigenvalue weighted by Crippen LogP contribution is -2.31. The summed E-state index contributed by atoms with van der Waals surface area (Å²) < 4.78 is 4.85. The highest BCUT2D eigenvalue weighted by Gasteiger charge is 2.20. The van der Waals surface area contributed by atoms with Crippen molar-refractivity contribution in [3.05, 3.63) is 57.2 Å². The second-order valence-corrected chi connectivity index (χ2v) is 5.76. The van der Waals surface area contributed by atoms with Crippen molar-refractivity contribution in [1.29, 1.82) is 0 Å². The molecule has 0 fully saturated rings. The highest BCUT2D eigenvalue weighted by atomic mass is 35.5. The Morgan fingerprint density at radius 2 is 2.05 bits per heavy atom. The van der Waals surface area contributed by atoms with Crippen LogP contribution in [0, 0.1) is 0 Å². The summed E-state index contributed by atoms with van der Waals surface area (Å²) in [6, 6.07) is 10.9. The van der Waals surface area contributed by atoms with E-state index in [4.69, 9.17) is 16.3 Å². The van der Waals surface area contributed by atoms with Gasteiger partial charge in [-0.15, -0.1) is 23.7 Å². The van der Waals surface area contributed by atoms with Crippen LogP contribution in [0.1, 0.15) is 16.5 Å². The quantitative estimate of drug-likeness (QED) is 0.807. The summed E-state index contributed by atoms with van der Waals surface area (Å²) in [4.78, 5) is 13.2. The number of benzene rings is 1. The molecule has 1 unspecified atom stereocenters. The number of carbonyl (C=O) groups is 1. The number of rotatable bonds is 6. The number of nitrogens with one attached hydrogen (secondary N) is 1. The molecular weight excluding hydrogens is 329 g/mol. The lowest BCUT2D eigenvalue weighted by molar-refractivity contribution is -0.143. The van der Waals surface area contributed by atoms with Gasteiger partial charge in [-0.1, -0.05) is 29.8 Å². The summed E-state index contributed by atoms with van der Waals surface area (Å²) in [7, 11) is 1.40. The fraction of sp³-hybridized carbons (Fsp3) is 0.267. The van der Waals surface area contributed by atoms with Crippen LogP contribution in [0.3, 0.4) is 0 Å². The molecule has 1 atom stereocenters. The zero-order valence-electron chi connectivity index (χ0n) is 11.5. The van der Waals surface area contributed by atoms with E-state index in [0.717, 1.165) is 12.0 Å². The Hall–Kier alpha value is -1.07. The van der Waals surface area contributed by atoms with Crippen LogP contribution in [0.15, 0.2) is 41.8 Å². The van der Waals surface area contributed by atoms with Crippen LogP contribution in [0.5, 0.6) is 0 Å². The van der Waals surface area contributed by atoms with Crippen LogP contribution < -0.4 is 5.32 Å². The van der Waals surface area contributed by atoms with Crippen molar-refractivity contribution in [3.8, 4) is 0 Å². The van der Waals surface area contributed by atoms with Gasteiger partial charge in [0.05, 0.1) is 7.11 Å². The third-order valence-electron chi connectivity index (χ3n) is 2.94. The van der Waals surface area contributed by atoms with Crippen molar-refractivity contribution in [3.63, 3.8) is 0 Å². The van der Waals surface area contributed by atoms with E-state index in [1.807, 2.05) is 23.6 Å². The highest BCUT2D eigenvalue weighted by Crippen LogP contribution is 2.18. The second kappa shape index (κ2) is 9.05. The Morgan fingerprint density at radius 1 is 1.33 bits per heavy atom. The molecule has 0 amide bonds. The average molecular weight is 346 g/mol. The number of esters is 1. The zero-order chi connectivity index (χ0) is 14.4. The number of ether oxygens (including phenoxy) is 1. The largest absolute Gasteiger partial charge is 0.468 e. The molecule has 0 saturated carbocycles. The van der Waals surface area contributed by atoms with E-state index in [2.05, 4.69) is 11.4 Å². The minimum absolute atomic E-state index is 0. The van der Waals surface area contributed by atoms with Gasteiger partial charge in [0.2, 0.25) is 0 Å². The number of carbonyl (C=O) groups excluding carboxylic acids is 1. The molecule has 1 aromatic carbocycles. The van der Waals surface area contributed by atoms with Gasteiger partial charge < -0.3 is 10.1 Å². The maximum atomic E-state index is 11.9. The van der Waals surface area contributed by atoms with Gasteiger partial charge in [-0.2, -0.15) is 0 Å². The van der Waals surface area contributed by atoms with Gasteiger partial charge in [0.15, 0.2) is 0 Å². The smallest absolute Gasteiger partial charge is 0.327 e. The van der Waals surface area contributed by atoms with Gasteiger partial charge in [0.25, 0.3) is 0 Å². The molecule has 0 aliphatic carbocycles. The summed E-state index contributed by atoms with van der Waals surface area (Å²) in [5.41, 5.74) is 0.854. The topological polar surface area (TPSA) is 38.3 Å². The Balaban J connectivity index is 0.00000220. The molecular formula is C15H17Cl2NO2S. The Morgan fingerprint density at radius 3 is 2.62 bits per heavy atom. The number of hydrogen-bond donors (Lipinski definition) is 1. The van der Waals surface area contributed by atoms with Crippen LogP contribution in [0.4, 0.5) is 0 Å². The molecule has 6 heteroatoms. The molecule has 0 aliphatic heterocycles. The monoisotopic (exact) mass is 345 g/mol. The number of halogens is 2. The first-order chi connectivity index (χ1) is 9.70. The summed E-state index contributed by atoms with van der Waals surface area (Å²) >= 11 is 7.58. The molecule has 2 aromatic rings. The first-order valence-electron chi connectivity index (χ1n) is 6.30. The number of methoxy groups -OCH3 is 1. The average Bonchev–Trinajstić information content (AvgIpc) is 2.97. The van der Waals surface area contributed by atoms with Crippen LogP contribution in [0.25, 0.3) is 0 Å².